The van der Waals surface area contributed by atoms with E-state index < -0.39 is 21.9 Å². The highest BCUT2D eigenvalue weighted by Crippen LogP contribution is 2.28. The fourth-order valence-electron chi connectivity index (χ4n) is 3.03. The van der Waals surface area contributed by atoms with Gasteiger partial charge in [-0.15, -0.1) is 0 Å². The van der Waals surface area contributed by atoms with Crippen molar-refractivity contribution in [3.05, 3.63) is 30.1 Å². The molecule has 23 heavy (non-hydrogen) atoms. The summed E-state index contributed by atoms with van der Waals surface area (Å²) < 4.78 is 45.4. The van der Waals surface area contributed by atoms with Gasteiger partial charge in [-0.25, -0.2) is 12.8 Å². The molecule has 2 aliphatic rings. The van der Waals surface area contributed by atoms with Gasteiger partial charge in [0, 0.05) is 13.1 Å². The number of ether oxygens (including phenoxy) is 1. The second-order valence-corrected chi connectivity index (χ2v) is 7.79. The molecule has 3 rings (SSSR count). The third-order valence-electron chi connectivity index (χ3n) is 4.20. The standard InChI is InChI=1S/C15H19FN2O4S/c1-11-9-17(10-22-11)15(19)14-6-3-7-18(14)23(20,21)13-5-2-4-12(16)8-13/h2,4-5,8,11,14H,3,6-7,9-10H2,1H3/t11-,14?/m1/s1. The molecule has 1 unspecified atom stereocenters. The number of halogens is 1. The summed E-state index contributed by atoms with van der Waals surface area (Å²) in [6.45, 7) is 2.77. The van der Waals surface area contributed by atoms with Gasteiger partial charge in [0.15, 0.2) is 0 Å². The van der Waals surface area contributed by atoms with E-state index in [1.165, 1.54) is 27.4 Å². The van der Waals surface area contributed by atoms with Gasteiger partial charge >= 0.3 is 0 Å². The van der Waals surface area contributed by atoms with Crippen molar-refractivity contribution in [1.82, 2.24) is 9.21 Å². The van der Waals surface area contributed by atoms with Crippen LogP contribution in [0.4, 0.5) is 4.39 Å². The van der Waals surface area contributed by atoms with Crippen LogP contribution in [-0.2, 0) is 19.6 Å². The first-order valence-electron chi connectivity index (χ1n) is 7.57. The topological polar surface area (TPSA) is 66.9 Å². The van der Waals surface area contributed by atoms with Crippen LogP contribution in [0.15, 0.2) is 29.2 Å². The molecule has 2 fully saturated rings. The van der Waals surface area contributed by atoms with Gasteiger partial charge in [-0.1, -0.05) is 6.07 Å². The van der Waals surface area contributed by atoms with Crippen molar-refractivity contribution in [2.45, 2.75) is 36.8 Å². The Kier molecular flexibility index (Phi) is 4.39. The van der Waals surface area contributed by atoms with Crippen LogP contribution in [0.3, 0.4) is 0 Å². The zero-order valence-electron chi connectivity index (χ0n) is 12.8. The molecule has 1 aromatic rings. The number of hydrogen-bond acceptors (Lipinski definition) is 4. The molecule has 0 N–H and O–H groups in total. The van der Waals surface area contributed by atoms with E-state index in [2.05, 4.69) is 0 Å². The average Bonchev–Trinajstić information content (AvgIpc) is 3.15. The van der Waals surface area contributed by atoms with Gasteiger partial charge in [0.2, 0.25) is 15.9 Å². The summed E-state index contributed by atoms with van der Waals surface area (Å²) in [7, 11) is -3.89. The first-order chi connectivity index (χ1) is 10.9. The molecule has 0 aromatic heterocycles. The minimum absolute atomic E-state index is 0.0476. The largest absolute Gasteiger partial charge is 0.356 e. The molecular formula is C15H19FN2O4S. The van der Waals surface area contributed by atoms with Crippen molar-refractivity contribution in [2.24, 2.45) is 0 Å². The van der Waals surface area contributed by atoms with Crippen LogP contribution in [0.25, 0.3) is 0 Å². The lowest BCUT2D eigenvalue weighted by atomic mass is 10.2. The predicted molar refractivity (Wildman–Crippen MR) is 80.4 cm³/mol. The molecular weight excluding hydrogens is 323 g/mol. The van der Waals surface area contributed by atoms with E-state index in [0.29, 0.717) is 19.4 Å². The monoisotopic (exact) mass is 342 g/mol. The van der Waals surface area contributed by atoms with Crippen LogP contribution in [0, 0.1) is 5.82 Å². The van der Waals surface area contributed by atoms with Gasteiger partial charge in [0.1, 0.15) is 18.6 Å². The molecule has 1 aromatic carbocycles. The zero-order valence-corrected chi connectivity index (χ0v) is 13.6. The summed E-state index contributed by atoms with van der Waals surface area (Å²) in [5.74, 6) is -0.859. The van der Waals surface area contributed by atoms with Crippen molar-refractivity contribution in [3.63, 3.8) is 0 Å². The van der Waals surface area contributed by atoms with Crippen LogP contribution in [0.5, 0.6) is 0 Å². The van der Waals surface area contributed by atoms with Gasteiger partial charge < -0.3 is 9.64 Å². The number of nitrogens with zero attached hydrogens (tertiary/aromatic N) is 2. The molecule has 2 saturated heterocycles. The van der Waals surface area contributed by atoms with E-state index in [9.17, 15) is 17.6 Å². The van der Waals surface area contributed by atoms with Gasteiger partial charge in [-0.2, -0.15) is 4.31 Å². The van der Waals surface area contributed by atoms with Gasteiger partial charge in [0.25, 0.3) is 0 Å². The normalized spacial score (nSPS) is 25.9. The van der Waals surface area contributed by atoms with Crippen LogP contribution < -0.4 is 0 Å². The lowest BCUT2D eigenvalue weighted by Gasteiger charge is -2.26. The van der Waals surface area contributed by atoms with E-state index >= 15 is 0 Å². The molecule has 0 aliphatic carbocycles. The summed E-state index contributed by atoms with van der Waals surface area (Å²) in [6.07, 6.45) is 1.03. The molecule has 126 valence electrons. The van der Waals surface area contributed by atoms with Crippen molar-refractivity contribution in [3.8, 4) is 0 Å². The lowest BCUT2D eigenvalue weighted by Crippen LogP contribution is -2.47. The quantitative estimate of drug-likeness (QED) is 0.827. The van der Waals surface area contributed by atoms with Crippen molar-refractivity contribution >= 4 is 15.9 Å². The summed E-state index contributed by atoms with van der Waals surface area (Å²) in [6, 6.07) is 4.13. The Morgan fingerprint density at radius 2 is 2.17 bits per heavy atom. The van der Waals surface area contributed by atoms with Crippen LogP contribution in [0.1, 0.15) is 19.8 Å². The number of hydrogen-bond donors (Lipinski definition) is 0. The Bertz CT molecular complexity index is 709. The van der Waals surface area contributed by atoms with Gasteiger partial charge in [-0.3, -0.25) is 4.79 Å². The Morgan fingerprint density at radius 3 is 2.83 bits per heavy atom. The van der Waals surface area contributed by atoms with E-state index in [4.69, 9.17) is 4.74 Å². The highest BCUT2D eigenvalue weighted by atomic mass is 32.2. The number of amides is 1. The predicted octanol–water partition coefficient (Wildman–Crippen LogP) is 1.18. The Labute approximate surface area is 134 Å². The maximum absolute atomic E-state index is 13.4. The van der Waals surface area contributed by atoms with Crippen LogP contribution >= 0.6 is 0 Å². The second-order valence-electron chi connectivity index (χ2n) is 5.90. The maximum atomic E-state index is 13.4. The van der Waals surface area contributed by atoms with Gasteiger partial charge in [-0.05, 0) is 38.0 Å². The lowest BCUT2D eigenvalue weighted by molar-refractivity contribution is -0.135. The van der Waals surface area contributed by atoms with E-state index in [-0.39, 0.29) is 30.2 Å². The first-order valence-corrected chi connectivity index (χ1v) is 9.01. The fourth-order valence-corrected chi connectivity index (χ4v) is 4.72. The molecule has 0 spiro atoms. The molecule has 6 nitrogen and oxygen atoms in total. The van der Waals surface area contributed by atoms with Crippen molar-refractivity contribution < 1.29 is 22.3 Å². The molecule has 8 heteroatoms. The molecule has 2 heterocycles. The highest BCUT2D eigenvalue weighted by Gasteiger charge is 2.42. The minimum atomic E-state index is -3.89. The molecule has 0 radical (unpaired) electrons. The highest BCUT2D eigenvalue weighted by molar-refractivity contribution is 7.89. The second kappa shape index (κ2) is 6.18. The SMILES string of the molecule is C[C@@H]1CN(C(=O)C2CCCN2S(=O)(=O)c2cccc(F)c2)CO1. The minimum Gasteiger partial charge on any atom is -0.356 e. The molecule has 0 bridgehead atoms. The van der Waals surface area contributed by atoms with E-state index in [0.717, 1.165) is 6.07 Å². The average molecular weight is 342 g/mol. The van der Waals surface area contributed by atoms with E-state index in [1.807, 2.05) is 6.92 Å². The van der Waals surface area contributed by atoms with E-state index in [1.54, 1.807) is 0 Å². The maximum Gasteiger partial charge on any atom is 0.243 e. The first kappa shape index (κ1) is 16.4. The number of sulfonamides is 1. The molecule has 2 atom stereocenters. The molecule has 2 aliphatic heterocycles. The molecule has 1 amide bonds. The summed E-state index contributed by atoms with van der Waals surface area (Å²) in [5.41, 5.74) is 0. The third-order valence-corrected chi connectivity index (χ3v) is 6.10. The van der Waals surface area contributed by atoms with Crippen molar-refractivity contribution in [2.75, 3.05) is 19.8 Å². The summed E-state index contributed by atoms with van der Waals surface area (Å²) >= 11 is 0. The van der Waals surface area contributed by atoms with Crippen LogP contribution in [0.2, 0.25) is 0 Å². The Morgan fingerprint density at radius 1 is 1.39 bits per heavy atom. The summed E-state index contributed by atoms with van der Waals surface area (Å²) in [4.78, 5) is 14.0. The number of carbonyl (C=O) groups is 1. The number of benzene rings is 1. The Balaban J connectivity index is 1.85. The fraction of sp³-hybridized carbons (Fsp3) is 0.533. The van der Waals surface area contributed by atoms with Crippen molar-refractivity contribution in [1.29, 1.82) is 0 Å². The number of rotatable bonds is 3. The van der Waals surface area contributed by atoms with Crippen LogP contribution in [-0.4, -0.2) is 55.5 Å². The van der Waals surface area contributed by atoms with Gasteiger partial charge in [0.05, 0.1) is 11.0 Å². The third kappa shape index (κ3) is 3.11. The molecule has 0 saturated carbocycles. The smallest absolute Gasteiger partial charge is 0.243 e. The number of carbonyl (C=O) groups excluding carboxylic acids is 1. The summed E-state index contributed by atoms with van der Waals surface area (Å²) in [5, 5.41) is 0. The zero-order chi connectivity index (χ0) is 16.6. The Hall–Kier alpha value is -1.51.